The fourth-order valence-corrected chi connectivity index (χ4v) is 1.53. The third-order valence-electron chi connectivity index (χ3n) is 2.16. The van der Waals surface area contributed by atoms with Crippen LogP contribution < -0.4 is 16.8 Å². The molecule has 0 fully saturated rings. The number of rotatable bonds is 5. The van der Waals surface area contributed by atoms with Crippen LogP contribution in [-0.2, 0) is 4.79 Å². The molecule has 1 unspecified atom stereocenters. The molecule has 0 bridgehead atoms. The second kappa shape index (κ2) is 5.58. The summed E-state index contributed by atoms with van der Waals surface area (Å²) < 4.78 is 13.6. The molecule has 0 saturated carbocycles. The molecule has 6 heteroatoms. The largest absolute Gasteiger partial charge is 0.389 e. The SMILES string of the molecule is CC(CC(N)=O)Nc1ccc(C(N)=S)cc1F. The average molecular weight is 255 g/mol. The first kappa shape index (κ1) is 13.4. The van der Waals surface area contributed by atoms with Crippen molar-refractivity contribution >= 4 is 28.8 Å². The summed E-state index contributed by atoms with van der Waals surface area (Å²) in [5.74, 6) is -0.906. The fraction of sp³-hybridized carbons (Fsp3) is 0.273. The van der Waals surface area contributed by atoms with Gasteiger partial charge >= 0.3 is 0 Å². The van der Waals surface area contributed by atoms with Gasteiger partial charge in [0.15, 0.2) is 0 Å². The van der Waals surface area contributed by atoms with Crippen LogP contribution in [0.3, 0.4) is 0 Å². The number of carbonyl (C=O) groups is 1. The van der Waals surface area contributed by atoms with E-state index in [0.29, 0.717) is 11.3 Å². The van der Waals surface area contributed by atoms with E-state index in [1.165, 1.54) is 12.1 Å². The zero-order chi connectivity index (χ0) is 13.0. The summed E-state index contributed by atoms with van der Waals surface area (Å²) in [5, 5.41) is 2.85. The van der Waals surface area contributed by atoms with Gasteiger partial charge in [-0.3, -0.25) is 4.79 Å². The van der Waals surface area contributed by atoms with E-state index in [9.17, 15) is 9.18 Å². The Morgan fingerprint density at radius 1 is 1.53 bits per heavy atom. The maximum Gasteiger partial charge on any atom is 0.219 e. The van der Waals surface area contributed by atoms with Crippen molar-refractivity contribution in [3.63, 3.8) is 0 Å². The predicted octanol–water partition coefficient (Wildman–Crippen LogP) is 1.14. The van der Waals surface area contributed by atoms with Gasteiger partial charge in [-0.1, -0.05) is 12.2 Å². The van der Waals surface area contributed by atoms with Crippen molar-refractivity contribution in [3.05, 3.63) is 29.6 Å². The molecule has 1 aromatic carbocycles. The van der Waals surface area contributed by atoms with Crippen molar-refractivity contribution < 1.29 is 9.18 Å². The van der Waals surface area contributed by atoms with Gasteiger partial charge in [-0.2, -0.15) is 0 Å². The Balaban J connectivity index is 2.79. The minimum absolute atomic E-state index is 0.135. The van der Waals surface area contributed by atoms with Gasteiger partial charge in [0.05, 0.1) is 5.69 Å². The van der Waals surface area contributed by atoms with Gasteiger partial charge in [-0.05, 0) is 25.1 Å². The molecular formula is C11H14FN3OS. The van der Waals surface area contributed by atoms with Crippen LogP contribution in [0, 0.1) is 5.82 Å². The van der Waals surface area contributed by atoms with Crippen LogP contribution in [0.2, 0.25) is 0 Å². The highest BCUT2D eigenvalue weighted by Crippen LogP contribution is 2.17. The van der Waals surface area contributed by atoms with Crippen LogP contribution in [0.25, 0.3) is 0 Å². The summed E-state index contributed by atoms with van der Waals surface area (Å²) >= 11 is 4.74. The van der Waals surface area contributed by atoms with Gasteiger partial charge in [0.2, 0.25) is 5.91 Å². The summed E-state index contributed by atoms with van der Waals surface area (Å²) in [6, 6.07) is 4.16. The number of nitrogens with two attached hydrogens (primary N) is 2. The van der Waals surface area contributed by atoms with E-state index in [1.807, 2.05) is 0 Å². The lowest BCUT2D eigenvalue weighted by Crippen LogP contribution is -2.24. The fourth-order valence-electron chi connectivity index (χ4n) is 1.40. The van der Waals surface area contributed by atoms with Crippen LogP contribution in [0.15, 0.2) is 18.2 Å². The van der Waals surface area contributed by atoms with Crippen molar-refractivity contribution in [2.75, 3.05) is 5.32 Å². The van der Waals surface area contributed by atoms with E-state index in [4.69, 9.17) is 23.7 Å². The number of benzene rings is 1. The second-order valence-electron chi connectivity index (χ2n) is 3.77. The van der Waals surface area contributed by atoms with Crippen molar-refractivity contribution in [2.24, 2.45) is 11.5 Å². The number of halogens is 1. The van der Waals surface area contributed by atoms with Crippen molar-refractivity contribution in [1.29, 1.82) is 0 Å². The first-order chi connectivity index (χ1) is 7.90. The van der Waals surface area contributed by atoms with Crippen LogP contribution in [0.1, 0.15) is 18.9 Å². The highest BCUT2D eigenvalue weighted by molar-refractivity contribution is 7.80. The molecule has 1 amide bonds. The number of carbonyl (C=O) groups excluding carboxylic acids is 1. The number of thiocarbonyl (C=S) groups is 1. The summed E-state index contributed by atoms with van der Waals surface area (Å²) in [6.07, 6.45) is 0.135. The zero-order valence-corrected chi connectivity index (χ0v) is 10.2. The number of amides is 1. The topological polar surface area (TPSA) is 81.1 Å². The zero-order valence-electron chi connectivity index (χ0n) is 9.37. The third kappa shape index (κ3) is 3.99. The molecule has 0 radical (unpaired) electrons. The lowest BCUT2D eigenvalue weighted by atomic mass is 10.1. The molecule has 0 aromatic heterocycles. The Bertz CT molecular complexity index is 450. The predicted molar refractivity (Wildman–Crippen MR) is 69.2 cm³/mol. The number of anilines is 1. The minimum Gasteiger partial charge on any atom is -0.389 e. The van der Waals surface area contributed by atoms with Crippen molar-refractivity contribution in [3.8, 4) is 0 Å². The highest BCUT2D eigenvalue weighted by Gasteiger charge is 2.10. The molecule has 0 aliphatic heterocycles. The van der Waals surface area contributed by atoms with Crippen LogP contribution in [0.4, 0.5) is 10.1 Å². The molecule has 1 atom stereocenters. The van der Waals surface area contributed by atoms with Crippen LogP contribution >= 0.6 is 12.2 Å². The van der Waals surface area contributed by atoms with E-state index in [2.05, 4.69) is 5.32 Å². The van der Waals surface area contributed by atoms with Crippen LogP contribution in [0.5, 0.6) is 0 Å². The number of nitrogens with one attached hydrogen (secondary N) is 1. The molecule has 0 heterocycles. The Kier molecular flexibility index (Phi) is 4.39. The molecule has 0 spiro atoms. The molecule has 1 aromatic rings. The lowest BCUT2D eigenvalue weighted by Gasteiger charge is -2.14. The van der Waals surface area contributed by atoms with E-state index in [1.54, 1.807) is 13.0 Å². The number of hydrogen-bond acceptors (Lipinski definition) is 3. The summed E-state index contributed by atoms with van der Waals surface area (Å²) in [7, 11) is 0. The third-order valence-corrected chi connectivity index (χ3v) is 2.40. The number of hydrogen-bond donors (Lipinski definition) is 3. The molecule has 0 aliphatic carbocycles. The van der Waals surface area contributed by atoms with Crippen LogP contribution in [-0.4, -0.2) is 16.9 Å². The maximum absolute atomic E-state index is 13.6. The van der Waals surface area contributed by atoms with E-state index in [0.717, 1.165) is 0 Å². The van der Waals surface area contributed by atoms with Gasteiger partial charge in [0.25, 0.3) is 0 Å². The molecule has 92 valence electrons. The normalized spacial score (nSPS) is 11.9. The minimum atomic E-state index is -0.466. The van der Waals surface area contributed by atoms with Gasteiger partial charge in [0, 0.05) is 18.0 Å². The first-order valence-corrected chi connectivity index (χ1v) is 5.45. The number of primary amides is 1. The Labute approximate surface area is 104 Å². The Morgan fingerprint density at radius 3 is 2.65 bits per heavy atom. The molecule has 0 aliphatic rings. The summed E-state index contributed by atoms with van der Waals surface area (Å²) in [5.41, 5.74) is 11.2. The molecule has 4 nitrogen and oxygen atoms in total. The van der Waals surface area contributed by atoms with E-state index < -0.39 is 11.7 Å². The molecule has 17 heavy (non-hydrogen) atoms. The van der Waals surface area contributed by atoms with Gasteiger partial charge in [0.1, 0.15) is 10.8 Å². The smallest absolute Gasteiger partial charge is 0.219 e. The second-order valence-corrected chi connectivity index (χ2v) is 4.21. The molecule has 0 saturated heterocycles. The van der Waals surface area contributed by atoms with Gasteiger partial charge < -0.3 is 16.8 Å². The summed E-state index contributed by atoms with van der Waals surface area (Å²) in [4.78, 5) is 10.8. The summed E-state index contributed by atoms with van der Waals surface area (Å²) in [6.45, 7) is 1.74. The van der Waals surface area contributed by atoms with Crippen molar-refractivity contribution in [2.45, 2.75) is 19.4 Å². The molecular weight excluding hydrogens is 241 g/mol. The average Bonchev–Trinajstić information content (AvgIpc) is 2.19. The maximum atomic E-state index is 13.6. The van der Waals surface area contributed by atoms with E-state index in [-0.39, 0.29) is 17.5 Å². The van der Waals surface area contributed by atoms with Gasteiger partial charge in [-0.25, -0.2) is 4.39 Å². The quantitative estimate of drug-likeness (QED) is 0.689. The monoisotopic (exact) mass is 255 g/mol. The van der Waals surface area contributed by atoms with Gasteiger partial charge in [-0.15, -0.1) is 0 Å². The standard InChI is InChI=1S/C11H14FN3OS/c1-6(4-10(13)16)15-9-3-2-7(11(14)17)5-8(9)12/h2-3,5-6,15H,4H2,1H3,(H2,13,16)(H2,14,17). The Hall–Kier alpha value is -1.69. The first-order valence-electron chi connectivity index (χ1n) is 5.04. The molecule has 5 N–H and O–H groups in total. The lowest BCUT2D eigenvalue weighted by molar-refractivity contribution is -0.118. The van der Waals surface area contributed by atoms with E-state index >= 15 is 0 Å². The van der Waals surface area contributed by atoms with Crippen molar-refractivity contribution in [1.82, 2.24) is 0 Å². The molecule has 1 rings (SSSR count). The highest BCUT2D eigenvalue weighted by atomic mass is 32.1. The Morgan fingerprint density at radius 2 is 2.18 bits per heavy atom.